The molecule has 4 rings (SSSR count). The number of hydrogen-bond donors (Lipinski definition) is 1. The minimum atomic E-state index is -1.03. The first-order valence-corrected chi connectivity index (χ1v) is 14.1. The van der Waals surface area contributed by atoms with Crippen LogP contribution in [0.3, 0.4) is 0 Å². The molecule has 40 heavy (non-hydrogen) atoms. The number of rotatable bonds is 12. The number of hydrogen-bond acceptors (Lipinski definition) is 4. The molecule has 0 fully saturated rings. The fourth-order valence-corrected chi connectivity index (χ4v) is 5.30. The number of carbonyl (C=O) groups excluding carboxylic acids is 1. The molecule has 6 heteroatoms. The van der Waals surface area contributed by atoms with Gasteiger partial charge in [-0.15, -0.1) is 0 Å². The summed E-state index contributed by atoms with van der Waals surface area (Å²) in [4.78, 5) is 26.1. The van der Waals surface area contributed by atoms with Gasteiger partial charge in [0.15, 0.2) is 0 Å². The number of carbonyl (C=O) groups is 2. The first kappa shape index (κ1) is 29.2. The van der Waals surface area contributed by atoms with E-state index < -0.39 is 5.97 Å². The molecule has 0 bridgehead atoms. The third-order valence-electron chi connectivity index (χ3n) is 7.22. The van der Waals surface area contributed by atoms with Crippen LogP contribution < -0.4 is 9.47 Å². The second-order valence-electron chi connectivity index (χ2n) is 11.7. The maximum absolute atomic E-state index is 13.1. The van der Waals surface area contributed by atoms with Gasteiger partial charge in [-0.2, -0.15) is 0 Å². The molecule has 3 aromatic rings. The Balaban J connectivity index is 1.37. The number of nitrogens with zero attached hydrogens (tertiary/aromatic N) is 1. The smallest absolute Gasteiger partial charge is 0.323 e. The molecule has 0 spiro atoms. The van der Waals surface area contributed by atoms with E-state index in [4.69, 9.17) is 9.47 Å². The monoisotopic (exact) mass is 543 g/mol. The van der Waals surface area contributed by atoms with Crippen molar-refractivity contribution in [1.29, 1.82) is 0 Å². The van der Waals surface area contributed by atoms with E-state index in [9.17, 15) is 14.7 Å². The zero-order valence-electron chi connectivity index (χ0n) is 24.3. The van der Waals surface area contributed by atoms with E-state index >= 15 is 0 Å². The number of benzene rings is 3. The van der Waals surface area contributed by atoms with Crippen LogP contribution in [-0.4, -0.2) is 40.1 Å². The zero-order valence-corrected chi connectivity index (χ0v) is 24.3. The van der Waals surface area contributed by atoms with Crippen LogP contribution in [-0.2, 0) is 35.4 Å². The molecule has 1 aliphatic rings. The molecule has 0 saturated heterocycles. The van der Waals surface area contributed by atoms with E-state index in [1.807, 2.05) is 50.2 Å². The minimum Gasteiger partial charge on any atom is -0.491 e. The first-order chi connectivity index (χ1) is 19.0. The molecule has 212 valence electrons. The molecule has 0 aliphatic carbocycles. The summed E-state index contributed by atoms with van der Waals surface area (Å²) in [6.45, 7) is 10.3. The predicted octanol–water partition coefficient (Wildman–Crippen LogP) is 6.58. The lowest BCUT2D eigenvalue weighted by molar-refractivity contribution is -0.144. The second kappa shape index (κ2) is 12.6. The van der Waals surface area contributed by atoms with Crippen molar-refractivity contribution in [3.05, 3.63) is 94.5 Å². The highest BCUT2D eigenvalue weighted by atomic mass is 16.5. The molecular weight excluding hydrogens is 502 g/mol. The largest absolute Gasteiger partial charge is 0.491 e. The van der Waals surface area contributed by atoms with Crippen LogP contribution >= 0.6 is 0 Å². The Kier molecular flexibility index (Phi) is 9.18. The molecular formula is C34H41NO5. The van der Waals surface area contributed by atoms with Crippen molar-refractivity contribution in [3.63, 3.8) is 0 Å². The Labute approximate surface area is 237 Å². The third-order valence-corrected chi connectivity index (χ3v) is 7.22. The van der Waals surface area contributed by atoms with Gasteiger partial charge in [0.1, 0.15) is 23.6 Å². The summed E-state index contributed by atoms with van der Waals surface area (Å²) in [5, 5.41) is 9.44. The van der Waals surface area contributed by atoms with Crippen molar-refractivity contribution < 1.29 is 24.2 Å². The number of carboxylic acid groups (broad SMARTS) is 1. The minimum absolute atomic E-state index is 0.0267. The Morgan fingerprint density at radius 2 is 1.70 bits per heavy atom. The summed E-state index contributed by atoms with van der Waals surface area (Å²) in [7, 11) is 0. The average molecular weight is 544 g/mol. The summed E-state index contributed by atoms with van der Waals surface area (Å²) in [6.07, 6.45) is 2.41. The maximum Gasteiger partial charge on any atom is 0.323 e. The summed E-state index contributed by atoms with van der Waals surface area (Å²) < 4.78 is 12.1. The molecule has 1 N–H and O–H groups in total. The van der Waals surface area contributed by atoms with Crippen LogP contribution in [0.15, 0.2) is 66.7 Å². The van der Waals surface area contributed by atoms with Crippen LogP contribution in [0.1, 0.15) is 74.8 Å². The lowest BCUT2D eigenvalue weighted by Crippen LogP contribution is -2.35. The highest BCUT2D eigenvalue weighted by Crippen LogP contribution is 2.38. The van der Waals surface area contributed by atoms with Gasteiger partial charge < -0.3 is 19.5 Å². The lowest BCUT2D eigenvalue weighted by Gasteiger charge is -2.24. The van der Waals surface area contributed by atoms with Gasteiger partial charge in [-0.05, 0) is 79.1 Å². The van der Waals surface area contributed by atoms with Gasteiger partial charge in [0.2, 0.25) is 5.91 Å². The summed E-state index contributed by atoms with van der Waals surface area (Å²) >= 11 is 0. The van der Waals surface area contributed by atoms with Gasteiger partial charge >= 0.3 is 5.97 Å². The van der Waals surface area contributed by atoms with Gasteiger partial charge in [0, 0.05) is 25.8 Å². The average Bonchev–Trinajstić information content (AvgIpc) is 3.21. The van der Waals surface area contributed by atoms with E-state index in [-0.39, 0.29) is 37.1 Å². The molecule has 3 aromatic carbocycles. The highest BCUT2D eigenvalue weighted by Gasteiger charge is 2.35. The SMILES string of the molecule is CC(C)Oc1cccc(CN(CC(=O)O)C(=O)CCc2ccc3c(c2)CC(C)(Cc2ccc(C(C)C)cc2)O3)c1. The second-order valence-corrected chi connectivity index (χ2v) is 11.7. The Hall–Kier alpha value is -3.80. The van der Waals surface area contributed by atoms with Gasteiger partial charge in [0.25, 0.3) is 0 Å². The van der Waals surface area contributed by atoms with E-state index in [2.05, 4.69) is 51.1 Å². The fraction of sp³-hybridized carbons (Fsp3) is 0.412. The van der Waals surface area contributed by atoms with Crippen LogP contribution in [0.5, 0.6) is 11.5 Å². The predicted molar refractivity (Wildman–Crippen MR) is 157 cm³/mol. The lowest BCUT2D eigenvalue weighted by atomic mass is 9.90. The van der Waals surface area contributed by atoms with Gasteiger partial charge in [-0.3, -0.25) is 9.59 Å². The van der Waals surface area contributed by atoms with Crippen LogP contribution in [0.4, 0.5) is 0 Å². The zero-order chi connectivity index (χ0) is 28.9. The van der Waals surface area contributed by atoms with Gasteiger partial charge in [-0.1, -0.05) is 62.4 Å². The van der Waals surface area contributed by atoms with Crippen molar-refractivity contribution in [2.24, 2.45) is 0 Å². The Morgan fingerprint density at radius 3 is 2.38 bits per heavy atom. The van der Waals surface area contributed by atoms with E-state index in [0.29, 0.717) is 18.1 Å². The molecule has 1 amide bonds. The normalized spacial score (nSPS) is 16.1. The maximum atomic E-state index is 13.1. The number of carboxylic acids is 1. The van der Waals surface area contributed by atoms with Crippen LogP contribution in [0.25, 0.3) is 0 Å². The number of aryl methyl sites for hydroxylation is 1. The fourth-order valence-electron chi connectivity index (χ4n) is 5.30. The number of aliphatic carboxylic acids is 1. The third kappa shape index (κ3) is 7.87. The summed E-state index contributed by atoms with van der Waals surface area (Å²) in [5.41, 5.74) is 5.30. The molecule has 6 nitrogen and oxygen atoms in total. The summed E-state index contributed by atoms with van der Waals surface area (Å²) in [5.74, 6) is 0.885. The van der Waals surface area contributed by atoms with Crippen LogP contribution in [0.2, 0.25) is 0 Å². The number of fused-ring (bicyclic) bond motifs is 1. The van der Waals surface area contributed by atoms with Crippen molar-refractivity contribution in [1.82, 2.24) is 4.90 Å². The molecule has 0 radical (unpaired) electrons. The molecule has 0 aromatic heterocycles. The Morgan fingerprint density at radius 1 is 0.975 bits per heavy atom. The molecule has 1 unspecified atom stereocenters. The molecule has 1 atom stereocenters. The van der Waals surface area contributed by atoms with Gasteiger partial charge in [-0.25, -0.2) is 0 Å². The van der Waals surface area contributed by atoms with Crippen molar-refractivity contribution in [3.8, 4) is 11.5 Å². The molecule has 0 saturated carbocycles. The standard InChI is InChI=1S/C34H41NO5/c1-23(2)28-13-9-26(10-14-28)19-34(5)20-29-17-25(11-15-31(29)40-34)12-16-32(36)35(22-33(37)38)21-27-7-6-8-30(18-27)39-24(3)4/h6-11,13-15,17-18,23-24H,12,16,19-22H2,1-5H3,(H,37,38). The van der Waals surface area contributed by atoms with Crippen molar-refractivity contribution in [2.75, 3.05) is 6.54 Å². The molecule has 1 aliphatic heterocycles. The quantitative estimate of drug-likeness (QED) is 0.279. The van der Waals surface area contributed by atoms with Crippen molar-refractivity contribution in [2.45, 2.75) is 84.5 Å². The first-order valence-electron chi connectivity index (χ1n) is 14.1. The van der Waals surface area contributed by atoms with E-state index in [1.165, 1.54) is 16.0 Å². The highest BCUT2D eigenvalue weighted by molar-refractivity contribution is 5.81. The number of ether oxygens (including phenoxy) is 2. The summed E-state index contributed by atoms with van der Waals surface area (Å²) in [6, 6.07) is 22.4. The topological polar surface area (TPSA) is 76.1 Å². The van der Waals surface area contributed by atoms with Crippen LogP contribution in [0, 0.1) is 0 Å². The van der Waals surface area contributed by atoms with Crippen molar-refractivity contribution >= 4 is 11.9 Å². The molecule has 1 heterocycles. The number of amides is 1. The Bertz CT molecular complexity index is 1330. The van der Waals surface area contributed by atoms with Gasteiger partial charge in [0.05, 0.1) is 6.10 Å². The van der Waals surface area contributed by atoms with E-state index in [1.54, 1.807) is 0 Å². The van der Waals surface area contributed by atoms with E-state index in [0.717, 1.165) is 35.3 Å².